The number of rotatable bonds is 10. The highest BCUT2D eigenvalue weighted by Crippen LogP contribution is 2.44. The van der Waals surface area contributed by atoms with Gasteiger partial charge in [-0.2, -0.15) is 0 Å². The molecule has 32 heavy (non-hydrogen) atoms. The van der Waals surface area contributed by atoms with Crippen molar-refractivity contribution < 1.29 is 19.6 Å². The number of carbonyl (C=O) groups excluding carboxylic acids is 1. The van der Waals surface area contributed by atoms with E-state index in [9.17, 15) is 20.0 Å². The maximum atomic E-state index is 13.0. The number of hydrogen-bond donors (Lipinski definition) is 1. The number of amides is 1. The van der Waals surface area contributed by atoms with Crippen LogP contribution in [0.5, 0.6) is 0 Å². The third-order valence-corrected chi connectivity index (χ3v) is 6.15. The summed E-state index contributed by atoms with van der Waals surface area (Å²) >= 11 is 0. The lowest BCUT2D eigenvalue weighted by Gasteiger charge is -2.42. The molecule has 0 aromatic heterocycles. The van der Waals surface area contributed by atoms with E-state index in [-0.39, 0.29) is 18.1 Å². The molecule has 0 saturated carbocycles. The summed E-state index contributed by atoms with van der Waals surface area (Å²) in [5, 5.41) is 22.7. The molecule has 7 heteroatoms. The van der Waals surface area contributed by atoms with E-state index in [4.69, 9.17) is 4.74 Å². The van der Waals surface area contributed by atoms with Crippen molar-refractivity contribution in [2.24, 2.45) is 5.92 Å². The van der Waals surface area contributed by atoms with Gasteiger partial charge in [0.15, 0.2) is 0 Å². The lowest BCUT2D eigenvalue weighted by atomic mass is 9.77. The molecule has 7 nitrogen and oxygen atoms in total. The molecule has 1 aliphatic heterocycles. The molecule has 2 aromatic rings. The summed E-state index contributed by atoms with van der Waals surface area (Å²) in [6.45, 7) is 1.96. The lowest BCUT2D eigenvalue weighted by Crippen LogP contribution is -2.51. The normalized spacial score (nSPS) is 19.9. The summed E-state index contributed by atoms with van der Waals surface area (Å²) in [7, 11) is 0. The number of hydrogen-bond acceptors (Lipinski definition) is 5. The Bertz CT molecular complexity index is 889. The number of fused-ring (bicyclic) bond motifs is 1. The van der Waals surface area contributed by atoms with Gasteiger partial charge in [0.25, 0.3) is 0 Å². The summed E-state index contributed by atoms with van der Waals surface area (Å²) in [6, 6.07) is 16.4. The summed E-state index contributed by atoms with van der Waals surface area (Å²) in [6.07, 6.45) is 4.01. The molecule has 0 bridgehead atoms. The maximum absolute atomic E-state index is 13.0. The average molecular weight is 441 g/mol. The van der Waals surface area contributed by atoms with Gasteiger partial charge in [0.05, 0.1) is 11.6 Å². The minimum Gasteiger partial charge on any atom is -0.444 e. The van der Waals surface area contributed by atoms with Gasteiger partial charge in [-0.3, -0.25) is 15.0 Å². The molecule has 172 valence electrons. The molecule has 1 N–H and O–H groups in total. The van der Waals surface area contributed by atoms with Crippen molar-refractivity contribution in [3.63, 3.8) is 0 Å². The molecule has 0 unspecified atom stereocenters. The Morgan fingerprint density at radius 2 is 1.75 bits per heavy atom. The highest BCUT2D eigenvalue weighted by molar-refractivity contribution is 5.90. The van der Waals surface area contributed by atoms with Gasteiger partial charge >= 0.3 is 6.09 Å². The monoisotopic (exact) mass is 440 g/mol. The fraction of sp³-hybridized carbons (Fsp3) is 0.480. The number of ether oxygens (including phenoxy) is 1. The van der Waals surface area contributed by atoms with Crippen molar-refractivity contribution in [3.8, 4) is 0 Å². The number of unbranched alkanes of at least 4 members (excludes halogenated alkanes) is 4. The van der Waals surface area contributed by atoms with Gasteiger partial charge in [-0.05, 0) is 23.6 Å². The average Bonchev–Trinajstić information content (AvgIpc) is 2.79. The summed E-state index contributed by atoms with van der Waals surface area (Å²) in [5.41, 5.74) is 2.04. The van der Waals surface area contributed by atoms with Crippen molar-refractivity contribution in [1.82, 2.24) is 0 Å². The Hall–Kier alpha value is -2.93. The van der Waals surface area contributed by atoms with Crippen molar-refractivity contribution in [2.45, 2.75) is 64.2 Å². The molecule has 1 amide bonds. The number of anilines is 1. The Morgan fingerprint density at radius 1 is 1.06 bits per heavy atom. The van der Waals surface area contributed by atoms with Gasteiger partial charge in [-0.1, -0.05) is 87.6 Å². The van der Waals surface area contributed by atoms with E-state index in [1.807, 2.05) is 42.5 Å². The van der Waals surface area contributed by atoms with Crippen LogP contribution in [-0.2, 0) is 11.3 Å². The lowest BCUT2D eigenvalue weighted by molar-refractivity contribution is -0.485. The topological polar surface area (TPSA) is 92.9 Å². The van der Waals surface area contributed by atoms with Crippen LogP contribution < -0.4 is 4.90 Å². The van der Waals surface area contributed by atoms with E-state index in [2.05, 4.69) is 6.92 Å². The SMILES string of the molecule is CCCCCCC[C@@H]1[C@H](C[N+](=O)[O-])c2ccccc2N(C(=O)OCc2ccccc2)[C@@H]1O. The third-order valence-electron chi connectivity index (χ3n) is 6.15. The van der Waals surface area contributed by atoms with Gasteiger partial charge in [0.1, 0.15) is 12.8 Å². The van der Waals surface area contributed by atoms with Crippen LogP contribution in [0.1, 0.15) is 62.5 Å². The maximum Gasteiger partial charge on any atom is 0.416 e. The standard InChI is InChI=1S/C25H32N2O5/c1-2-3-4-5-9-15-21-22(17-26(30)31)20-14-10-11-16-23(20)27(24(21)28)25(29)32-18-19-12-7-6-8-13-19/h6-8,10-14,16,21-22,24,28H,2-5,9,15,17-18H2,1H3/t21-,22-,24-/m1/s1. The van der Waals surface area contributed by atoms with Crippen LogP contribution in [0.3, 0.4) is 0 Å². The molecule has 3 atom stereocenters. The van der Waals surface area contributed by atoms with Crippen LogP contribution in [0, 0.1) is 16.0 Å². The van der Waals surface area contributed by atoms with Gasteiger partial charge in [0, 0.05) is 10.8 Å². The zero-order chi connectivity index (χ0) is 22.9. The van der Waals surface area contributed by atoms with Crippen LogP contribution in [0.4, 0.5) is 10.5 Å². The van der Waals surface area contributed by atoms with Crippen LogP contribution in [-0.4, -0.2) is 28.9 Å². The quantitative estimate of drug-likeness (QED) is 0.299. The van der Waals surface area contributed by atoms with Crippen molar-refractivity contribution >= 4 is 11.8 Å². The van der Waals surface area contributed by atoms with Gasteiger partial charge in [0.2, 0.25) is 6.54 Å². The Kier molecular flexibility index (Phi) is 8.62. The van der Waals surface area contributed by atoms with Gasteiger partial charge in [-0.15, -0.1) is 0 Å². The molecule has 0 fully saturated rings. The molecule has 0 saturated heterocycles. The van der Waals surface area contributed by atoms with Crippen molar-refractivity contribution in [3.05, 3.63) is 75.8 Å². The molecule has 1 heterocycles. The van der Waals surface area contributed by atoms with Crippen molar-refractivity contribution in [1.29, 1.82) is 0 Å². The number of aliphatic hydroxyl groups excluding tert-OH is 1. The molecule has 3 rings (SSSR count). The minimum absolute atomic E-state index is 0.0884. The zero-order valence-corrected chi connectivity index (χ0v) is 18.6. The van der Waals surface area contributed by atoms with Crippen molar-refractivity contribution in [2.75, 3.05) is 11.4 Å². The first kappa shape index (κ1) is 23.7. The van der Waals surface area contributed by atoms with Crippen LogP contribution in [0.2, 0.25) is 0 Å². The zero-order valence-electron chi connectivity index (χ0n) is 18.6. The minimum atomic E-state index is -1.18. The number of carbonyl (C=O) groups is 1. The summed E-state index contributed by atoms with van der Waals surface area (Å²) < 4.78 is 5.51. The molecule has 0 aliphatic carbocycles. The number of benzene rings is 2. The predicted molar refractivity (Wildman–Crippen MR) is 123 cm³/mol. The highest BCUT2D eigenvalue weighted by atomic mass is 16.6. The second kappa shape index (κ2) is 11.6. The second-order valence-electron chi connectivity index (χ2n) is 8.37. The van der Waals surface area contributed by atoms with E-state index in [1.54, 1.807) is 12.1 Å². The van der Waals surface area contributed by atoms with Crippen LogP contribution >= 0.6 is 0 Å². The first-order chi connectivity index (χ1) is 15.5. The van der Waals surface area contributed by atoms with Crippen LogP contribution in [0.25, 0.3) is 0 Å². The largest absolute Gasteiger partial charge is 0.444 e. The van der Waals surface area contributed by atoms with Gasteiger partial charge < -0.3 is 9.84 Å². The van der Waals surface area contributed by atoms with E-state index in [1.165, 1.54) is 4.90 Å². The van der Waals surface area contributed by atoms with E-state index in [0.29, 0.717) is 17.7 Å². The molecular weight excluding hydrogens is 408 g/mol. The van der Waals surface area contributed by atoms with Gasteiger partial charge in [-0.25, -0.2) is 4.79 Å². The molecule has 1 aliphatic rings. The van der Waals surface area contributed by atoms with E-state index >= 15 is 0 Å². The van der Waals surface area contributed by atoms with Crippen LogP contribution in [0.15, 0.2) is 54.6 Å². The van der Waals surface area contributed by atoms with E-state index in [0.717, 1.165) is 37.7 Å². The first-order valence-electron chi connectivity index (χ1n) is 11.4. The Balaban J connectivity index is 1.83. The molecular formula is C25H32N2O5. The number of nitrogens with zero attached hydrogens (tertiary/aromatic N) is 2. The summed E-state index contributed by atoms with van der Waals surface area (Å²) in [4.78, 5) is 25.4. The number of para-hydroxylation sites is 1. The number of aliphatic hydroxyl groups is 1. The predicted octanol–water partition coefficient (Wildman–Crippen LogP) is 5.50. The Morgan fingerprint density at radius 3 is 2.47 bits per heavy atom. The highest BCUT2D eigenvalue weighted by Gasteiger charge is 2.45. The molecule has 0 radical (unpaired) electrons. The first-order valence-corrected chi connectivity index (χ1v) is 11.4. The molecule has 2 aromatic carbocycles. The number of nitro groups is 1. The fourth-order valence-corrected chi connectivity index (χ4v) is 4.52. The summed E-state index contributed by atoms with van der Waals surface area (Å²) in [5.74, 6) is -0.887. The third kappa shape index (κ3) is 5.85. The molecule has 0 spiro atoms. The smallest absolute Gasteiger partial charge is 0.416 e. The van der Waals surface area contributed by atoms with E-state index < -0.39 is 24.2 Å². The second-order valence-corrected chi connectivity index (χ2v) is 8.37. The Labute approximate surface area is 189 Å². The fourth-order valence-electron chi connectivity index (χ4n) is 4.52.